The molecule has 6 nitrogen and oxygen atoms in total. The Morgan fingerprint density at radius 1 is 1.21 bits per heavy atom. The molecule has 29 heavy (non-hydrogen) atoms. The summed E-state index contributed by atoms with van der Waals surface area (Å²) in [7, 11) is 1.54. The molecule has 0 aromatic heterocycles. The number of nitrogens with two attached hydrogens (primary N) is 1. The molecule has 2 amide bonds. The van der Waals surface area contributed by atoms with Crippen LogP contribution < -0.4 is 15.8 Å². The number of carbonyl (C=O) groups excluding carboxylic acids is 2. The molecule has 0 radical (unpaired) electrons. The van der Waals surface area contributed by atoms with Crippen molar-refractivity contribution in [1.29, 1.82) is 0 Å². The fraction of sp³-hybridized carbons (Fsp3) is 0.364. The highest BCUT2D eigenvalue weighted by Gasteiger charge is 2.34. The first kappa shape index (κ1) is 22.6. The van der Waals surface area contributed by atoms with Crippen molar-refractivity contribution >= 4 is 35.6 Å². The molecule has 2 aromatic carbocycles. The zero-order valence-electron chi connectivity index (χ0n) is 17.0. The van der Waals surface area contributed by atoms with Crippen LogP contribution in [-0.4, -0.2) is 29.9 Å². The zero-order chi connectivity index (χ0) is 20.3. The van der Waals surface area contributed by atoms with Gasteiger partial charge in [0.15, 0.2) is 0 Å². The van der Waals surface area contributed by atoms with E-state index in [4.69, 9.17) is 10.5 Å². The molecule has 0 bridgehead atoms. The maximum absolute atomic E-state index is 13.1. The van der Waals surface area contributed by atoms with Gasteiger partial charge in [0, 0.05) is 25.1 Å². The van der Waals surface area contributed by atoms with Gasteiger partial charge < -0.3 is 20.7 Å². The molecule has 7 heteroatoms. The average Bonchev–Trinajstić information content (AvgIpc) is 2.66. The monoisotopic (exact) mass is 417 g/mol. The first-order chi connectivity index (χ1) is 13.4. The lowest BCUT2D eigenvalue weighted by Gasteiger charge is -2.36. The third kappa shape index (κ3) is 5.21. The average molecular weight is 418 g/mol. The molecule has 3 rings (SSSR count). The van der Waals surface area contributed by atoms with Crippen LogP contribution in [0.3, 0.4) is 0 Å². The molecule has 156 valence electrons. The number of carbonyl (C=O) groups is 2. The molecule has 0 aliphatic carbocycles. The first-order valence-electron chi connectivity index (χ1n) is 9.49. The second-order valence-corrected chi connectivity index (χ2v) is 7.55. The van der Waals surface area contributed by atoms with Crippen molar-refractivity contribution in [3.05, 3.63) is 53.6 Å². The Morgan fingerprint density at radius 3 is 2.52 bits per heavy atom. The topological polar surface area (TPSA) is 84.7 Å². The van der Waals surface area contributed by atoms with Crippen molar-refractivity contribution in [3.8, 4) is 5.75 Å². The molecule has 0 fully saturated rings. The van der Waals surface area contributed by atoms with E-state index in [0.29, 0.717) is 36.5 Å². The van der Waals surface area contributed by atoms with Gasteiger partial charge in [-0.2, -0.15) is 0 Å². The molecular weight excluding hydrogens is 390 g/mol. The maximum Gasteiger partial charge on any atom is 0.247 e. The Balaban J connectivity index is 0.00000300. The van der Waals surface area contributed by atoms with Crippen molar-refractivity contribution in [3.63, 3.8) is 0 Å². The number of anilines is 2. The van der Waals surface area contributed by atoms with Crippen LogP contribution in [-0.2, 0) is 22.6 Å². The van der Waals surface area contributed by atoms with E-state index in [9.17, 15) is 9.59 Å². The van der Waals surface area contributed by atoms with E-state index in [0.717, 1.165) is 11.1 Å². The normalized spacial score (nSPS) is 15.3. The van der Waals surface area contributed by atoms with Crippen LogP contribution in [0.15, 0.2) is 42.5 Å². The van der Waals surface area contributed by atoms with Gasteiger partial charge in [-0.3, -0.25) is 9.59 Å². The number of amides is 2. The first-order valence-corrected chi connectivity index (χ1v) is 9.49. The fourth-order valence-corrected chi connectivity index (χ4v) is 3.52. The molecule has 3 N–H and O–H groups in total. The number of nitrogen functional groups attached to an aromatic ring is 1. The lowest BCUT2D eigenvalue weighted by atomic mass is 9.92. The summed E-state index contributed by atoms with van der Waals surface area (Å²) in [5, 5.41) is 2.90. The maximum atomic E-state index is 13.1. The number of hydrogen-bond acceptors (Lipinski definition) is 4. The highest BCUT2D eigenvalue weighted by Crippen LogP contribution is 2.28. The smallest absolute Gasteiger partial charge is 0.247 e. The summed E-state index contributed by atoms with van der Waals surface area (Å²) in [6.07, 6.45) is 0.916. The van der Waals surface area contributed by atoms with Gasteiger partial charge in [-0.1, -0.05) is 38.1 Å². The van der Waals surface area contributed by atoms with Crippen LogP contribution in [0.25, 0.3) is 0 Å². The van der Waals surface area contributed by atoms with Crippen LogP contribution in [0.1, 0.15) is 31.4 Å². The Labute approximate surface area is 177 Å². The number of ether oxygens (including phenoxy) is 1. The molecule has 2 aromatic rings. The number of hydrogen-bond donors (Lipinski definition) is 2. The number of nitrogens with one attached hydrogen (secondary N) is 1. The van der Waals surface area contributed by atoms with E-state index in [1.165, 1.54) is 0 Å². The predicted molar refractivity (Wildman–Crippen MR) is 117 cm³/mol. The van der Waals surface area contributed by atoms with E-state index in [1.807, 2.05) is 38.1 Å². The minimum atomic E-state index is -0.551. The van der Waals surface area contributed by atoms with Crippen molar-refractivity contribution in [2.75, 3.05) is 18.2 Å². The van der Waals surface area contributed by atoms with Crippen LogP contribution in [0, 0.1) is 5.92 Å². The number of benzene rings is 2. The summed E-state index contributed by atoms with van der Waals surface area (Å²) in [5.41, 5.74) is 9.16. The van der Waals surface area contributed by atoms with Crippen molar-refractivity contribution in [2.45, 2.75) is 39.3 Å². The van der Waals surface area contributed by atoms with Crippen LogP contribution in [0.5, 0.6) is 5.75 Å². The minimum Gasteiger partial charge on any atom is -0.495 e. The van der Waals surface area contributed by atoms with Gasteiger partial charge in [0.1, 0.15) is 11.8 Å². The zero-order valence-corrected chi connectivity index (χ0v) is 17.8. The molecule has 1 aliphatic heterocycles. The van der Waals surface area contributed by atoms with E-state index in [-0.39, 0.29) is 30.1 Å². The molecule has 0 spiro atoms. The van der Waals surface area contributed by atoms with Gasteiger partial charge in [0.05, 0.1) is 12.8 Å². The number of fused-ring (bicyclic) bond motifs is 1. The van der Waals surface area contributed by atoms with Gasteiger partial charge in [-0.05, 0) is 35.2 Å². The van der Waals surface area contributed by atoms with Crippen molar-refractivity contribution in [2.24, 2.45) is 5.92 Å². The second kappa shape index (κ2) is 9.65. The highest BCUT2D eigenvalue weighted by atomic mass is 35.5. The summed E-state index contributed by atoms with van der Waals surface area (Å²) in [5.74, 6) is 0.572. The Bertz CT molecular complexity index is 885. The Hall–Kier alpha value is -2.73. The molecule has 1 unspecified atom stereocenters. The van der Waals surface area contributed by atoms with E-state index < -0.39 is 6.04 Å². The SMILES string of the molecule is COc1ccc(NC(=O)C2Cc3ccccc3CN2C(=O)CC(C)C)cc1N.Cl. The van der Waals surface area contributed by atoms with Crippen molar-refractivity contribution in [1.82, 2.24) is 4.90 Å². The molecule has 0 saturated carbocycles. The number of nitrogens with zero attached hydrogens (tertiary/aromatic N) is 1. The molecule has 1 atom stereocenters. The Kier molecular flexibility index (Phi) is 7.51. The summed E-state index contributed by atoms with van der Waals surface area (Å²) in [6.45, 7) is 4.46. The van der Waals surface area contributed by atoms with E-state index in [1.54, 1.807) is 30.2 Å². The summed E-state index contributed by atoms with van der Waals surface area (Å²) in [4.78, 5) is 27.6. The lowest BCUT2D eigenvalue weighted by Crippen LogP contribution is -2.50. The van der Waals surface area contributed by atoms with Crippen LogP contribution >= 0.6 is 12.4 Å². The van der Waals surface area contributed by atoms with Gasteiger partial charge >= 0.3 is 0 Å². The van der Waals surface area contributed by atoms with Gasteiger partial charge in [0.2, 0.25) is 11.8 Å². The van der Waals surface area contributed by atoms with E-state index >= 15 is 0 Å². The quantitative estimate of drug-likeness (QED) is 0.727. The standard InChI is InChI=1S/C22H27N3O3.ClH/c1-14(2)10-21(26)25-13-16-7-5-4-6-15(16)11-19(25)22(27)24-17-8-9-20(28-3)18(23)12-17;/h4-9,12,14,19H,10-11,13,23H2,1-3H3,(H,24,27);1H. The fourth-order valence-electron chi connectivity index (χ4n) is 3.52. The summed E-state index contributed by atoms with van der Waals surface area (Å²) < 4.78 is 5.16. The van der Waals surface area contributed by atoms with Crippen LogP contribution in [0.4, 0.5) is 11.4 Å². The largest absolute Gasteiger partial charge is 0.495 e. The summed E-state index contributed by atoms with van der Waals surface area (Å²) >= 11 is 0. The van der Waals surface area contributed by atoms with Crippen LogP contribution in [0.2, 0.25) is 0 Å². The number of rotatable bonds is 5. The number of methoxy groups -OCH3 is 1. The summed E-state index contributed by atoms with van der Waals surface area (Å²) in [6, 6.07) is 12.5. The molecule has 0 saturated heterocycles. The second-order valence-electron chi connectivity index (χ2n) is 7.55. The molecule has 1 aliphatic rings. The third-order valence-electron chi connectivity index (χ3n) is 4.95. The van der Waals surface area contributed by atoms with Crippen molar-refractivity contribution < 1.29 is 14.3 Å². The Morgan fingerprint density at radius 2 is 1.90 bits per heavy atom. The third-order valence-corrected chi connectivity index (χ3v) is 4.95. The number of halogens is 1. The van der Waals surface area contributed by atoms with E-state index in [2.05, 4.69) is 5.32 Å². The molecular formula is C22H28ClN3O3. The van der Waals surface area contributed by atoms with Gasteiger partial charge in [-0.25, -0.2) is 0 Å². The lowest BCUT2D eigenvalue weighted by molar-refractivity contribution is -0.140. The van der Waals surface area contributed by atoms with Gasteiger partial charge in [0.25, 0.3) is 0 Å². The molecule has 1 heterocycles. The predicted octanol–water partition coefficient (Wildman–Crippen LogP) is 3.64. The van der Waals surface area contributed by atoms with Gasteiger partial charge in [-0.15, -0.1) is 12.4 Å². The highest BCUT2D eigenvalue weighted by molar-refractivity contribution is 5.98. The minimum absolute atomic E-state index is 0.